The molecular weight excluding hydrogens is 853 g/mol. The van der Waals surface area contributed by atoms with Gasteiger partial charge >= 0.3 is 0 Å². The molecule has 0 spiro atoms. The first-order chi connectivity index (χ1) is 33.2. The van der Waals surface area contributed by atoms with Gasteiger partial charge < -0.3 is 4.42 Å². The van der Waals surface area contributed by atoms with Crippen LogP contribution < -0.4 is 0 Å². The van der Waals surface area contributed by atoms with E-state index in [0.29, 0.717) is 11.8 Å². The Balaban J connectivity index is 0.834. The average molecular weight is 891 g/mol. The van der Waals surface area contributed by atoms with Gasteiger partial charge in [0.25, 0.3) is 0 Å². The van der Waals surface area contributed by atoms with E-state index >= 15 is 0 Å². The van der Waals surface area contributed by atoms with Gasteiger partial charge in [-0.2, -0.15) is 0 Å². The lowest BCUT2D eigenvalue weighted by Crippen LogP contribution is -1.84. The third-order valence-electron chi connectivity index (χ3n) is 12.9. The van der Waals surface area contributed by atoms with Gasteiger partial charge in [0, 0.05) is 62.6 Å². The summed E-state index contributed by atoms with van der Waals surface area (Å²) in [4.78, 5) is 0. The highest BCUT2D eigenvalue weighted by atomic mass is 32.1. The maximum atomic E-state index is 6.40. The molecule has 3 aromatic heterocycles. The summed E-state index contributed by atoms with van der Waals surface area (Å²) in [5, 5.41) is 14.2. The highest BCUT2D eigenvalue weighted by Crippen LogP contribution is 2.46. The molecule has 5 heteroatoms. The third kappa shape index (κ3) is 7.13. The molecular formula is C62H38N2OS2. The van der Waals surface area contributed by atoms with Crippen molar-refractivity contribution in [3.63, 3.8) is 0 Å². The number of aromatic nitrogens is 2. The van der Waals surface area contributed by atoms with Gasteiger partial charge in [-0.3, -0.25) is 0 Å². The SMILES string of the molecule is c1ccc(-c2ccc3sc4c(-c5ccc(-c6nnc(-c7ccc(-c8cc(-c9ccccc9)cc9c8sc8ccc(-c%10ccccc%10)cc89)cc7)o6)cc5)cc(-c5ccccc5)cc4c3c2)cc1. The van der Waals surface area contributed by atoms with Crippen LogP contribution in [0.3, 0.4) is 0 Å². The standard InChI is InChI=1S/C62H38N2OS2/c1-5-13-39(14-6-1)47-29-31-57-53(33-47)55-37-49(41-17-9-3-10-18-41)35-51(59(55)66-57)43-21-25-45(26-22-43)61-63-64-62(65-61)46-27-23-44(24-28-46)52-36-50(42-19-11-4-12-20-42)38-56-54-34-48(40-15-7-2-8-16-40)30-32-58(54)67-60(52)56/h1-38H. The van der Waals surface area contributed by atoms with Crippen molar-refractivity contribution in [1.29, 1.82) is 0 Å². The van der Waals surface area contributed by atoms with Crippen molar-refractivity contribution in [2.45, 2.75) is 0 Å². The summed E-state index contributed by atoms with van der Waals surface area (Å²) < 4.78 is 11.5. The molecule has 3 heterocycles. The van der Waals surface area contributed by atoms with Crippen LogP contribution in [0.1, 0.15) is 0 Å². The highest BCUT2D eigenvalue weighted by Gasteiger charge is 2.18. The maximum Gasteiger partial charge on any atom is 0.248 e. The Kier molecular flexibility index (Phi) is 9.55. The zero-order valence-corrected chi connectivity index (χ0v) is 37.7. The van der Waals surface area contributed by atoms with E-state index in [0.717, 1.165) is 22.3 Å². The highest BCUT2D eigenvalue weighted by molar-refractivity contribution is 7.26. The summed E-state index contributed by atoms with van der Waals surface area (Å²) in [6, 6.07) is 82.8. The Morgan fingerprint density at radius 2 is 0.567 bits per heavy atom. The van der Waals surface area contributed by atoms with Gasteiger partial charge in [-0.25, -0.2) is 0 Å². The Bertz CT molecular complexity index is 3670. The second-order valence-corrected chi connectivity index (χ2v) is 19.1. The molecule has 314 valence electrons. The fourth-order valence-electron chi connectivity index (χ4n) is 9.44. The van der Waals surface area contributed by atoms with Crippen molar-refractivity contribution in [1.82, 2.24) is 10.2 Å². The van der Waals surface area contributed by atoms with Crippen LogP contribution in [0.5, 0.6) is 0 Å². The Morgan fingerprint density at radius 3 is 0.940 bits per heavy atom. The molecule has 0 aliphatic rings. The number of thiophene rings is 2. The van der Waals surface area contributed by atoms with Crippen LogP contribution in [0.25, 0.3) is 130 Å². The Labute approximate surface area is 395 Å². The summed E-state index contributed by atoms with van der Waals surface area (Å²) in [6.07, 6.45) is 0. The van der Waals surface area contributed by atoms with Gasteiger partial charge in [-0.1, -0.05) is 158 Å². The first-order valence-corrected chi connectivity index (χ1v) is 24.1. The molecule has 0 aliphatic heterocycles. The minimum absolute atomic E-state index is 0.488. The van der Waals surface area contributed by atoms with Crippen molar-refractivity contribution in [2.75, 3.05) is 0 Å². The van der Waals surface area contributed by atoms with Crippen molar-refractivity contribution in [2.24, 2.45) is 0 Å². The maximum absolute atomic E-state index is 6.40. The predicted molar refractivity (Wildman–Crippen MR) is 284 cm³/mol. The number of benzene rings is 10. The quantitative estimate of drug-likeness (QED) is 0.153. The molecule has 0 saturated carbocycles. The molecule has 0 bridgehead atoms. The van der Waals surface area contributed by atoms with Gasteiger partial charge in [-0.05, 0) is 128 Å². The van der Waals surface area contributed by atoms with Gasteiger partial charge in [-0.15, -0.1) is 32.9 Å². The molecule has 0 fully saturated rings. The largest absolute Gasteiger partial charge is 0.416 e. The predicted octanol–water partition coefficient (Wildman–Crippen LogP) is 18.1. The first kappa shape index (κ1) is 39.2. The fourth-order valence-corrected chi connectivity index (χ4v) is 11.8. The van der Waals surface area contributed by atoms with Crippen LogP contribution in [0, 0.1) is 0 Å². The van der Waals surface area contributed by atoms with Crippen LogP contribution in [0.4, 0.5) is 0 Å². The molecule has 0 aliphatic carbocycles. The van der Waals surface area contributed by atoms with E-state index < -0.39 is 0 Å². The van der Waals surface area contributed by atoms with E-state index in [4.69, 9.17) is 4.42 Å². The van der Waals surface area contributed by atoms with Crippen LogP contribution in [0.2, 0.25) is 0 Å². The molecule has 67 heavy (non-hydrogen) atoms. The van der Waals surface area contributed by atoms with Gasteiger partial charge in [0.05, 0.1) is 0 Å². The molecule has 0 N–H and O–H groups in total. The first-order valence-electron chi connectivity index (χ1n) is 22.4. The number of nitrogens with zero attached hydrogens (tertiary/aromatic N) is 2. The molecule has 13 aromatic rings. The van der Waals surface area contributed by atoms with E-state index in [2.05, 4.69) is 241 Å². The number of fused-ring (bicyclic) bond motifs is 6. The van der Waals surface area contributed by atoms with Crippen molar-refractivity contribution in [3.8, 4) is 89.7 Å². The molecule has 3 nitrogen and oxygen atoms in total. The molecule has 0 amide bonds. The van der Waals surface area contributed by atoms with E-state index in [-0.39, 0.29) is 0 Å². The number of rotatable bonds is 8. The molecule has 10 aromatic carbocycles. The Morgan fingerprint density at radius 1 is 0.254 bits per heavy atom. The minimum Gasteiger partial charge on any atom is -0.416 e. The Hall–Kier alpha value is -8.22. The molecule has 0 radical (unpaired) electrons. The second-order valence-electron chi connectivity index (χ2n) is 17.0. The van der Waals surface area contributed by atoms with Crippen molar-refractivity contribution >= 4 is 63.0 Å². The normalized spacial score (nSPS) is 11.6. The lowest BCUT2D eigenvalue weighted by Gasteiger charge is -2.10. The summed E-state index contributed by atoms with van der Waals surface area (Å²) in [6.45, 7) is 0. The molecule has 13 rings (SSSR count). The van der Waals surface area contributed by atoms with Gasteiger partial charge in [0.15, 0.2) is 0 Å². The molecule has 0 unspecified atom stereocenters. The number of hydrogen-bond acceptors (Lipinski definition) is 5. The van der Waals surface area contributed by atoms with Crippen LogP contribution in [0.15, 0.2) is 235 Å². The topological polar surface area (TPSA) is 38.9 Å². The van der Waals surface area contributed by atoms with E-state index in [1.807, 2.05) is 22.7 Å². The van der Waals surface area contributed by atoms with E-state index in [1.165, 1.54) is 96.0 Å². The van der Waals surface area contributed by atoms with Crippen LogP contribution >= 0.6 is 22.7 Å². The van der Waals surface area contributed by atoms with Gasteiger partial charge in [0.2, 0.25) is 11.8 Å². The summed E-state index contributed by atoms with van der Waals surface area (Å²) in [5.74, 6) is 0.975. The zero-order chi connectivity index (χ0) is 44.3. The minimum atomic E-state index is 0.488. The lowest BCUT2D eigenvalue weighted by molar-refractivity contribution is 0.584. The number of hydrogen-bond donors (Lipinski definition) is 0. The van der Waals surface area contributed by atoms with E-state index in [9.17, 15) is 0 Å². The summed E-state index contributed by atoms with van der Waals surface area (Å²) in [5.41, 5.74) is 16.1. The fraction of sp³-hybridized carbons (Fsp3) is 0. The second kappa shape index (κ2) is 16.3. The average Bonchev–Trinajstić information content (AvgIpc) is 4.15. The smallest absolute Gasteiger partial charge is 0.248 e. The van der Waals surface area contributed by atoms with Crippen molar-refractivity contribution in [3.05, 3.63) is 231 Å². The van der Waals surface area contributed by atoms with Crippen LogP contribution in [-0.2, 0) is 0 Å². The van der Waals surface area contributed by atoms with Crippen LogP contribution in [-0.4, -0.2) is 10.2 Å². The monoisotopic (exact) mass is 890 g/mol. The molecule has 0 atom stereocenters. The molecule has 0 saturated heterocycles. The zero-order valence-electron chi connectivity index (χ0n) is 36.1. The third-order valence-corrected chi connectivity index (χ3v) is 15.3. The van der Waals surface area contributed by atoms with E-state index in [1.54, 1.807) is 0 Å². The summed E-state index contributed by atoms with van der Waals surface area (Å²) >= 11 is 3.70. The summed E-state index contributed by atoms with van der Waals surface area (Å²) in [7, 11) is 0. The lowest BCUT2D eigenvalue weighted by atomic mass is 9.95. The van der Waals surface area contributed by atoms with Gasteiger partial charge in [0.1, 0.15) is 0 Å². The van der Waals surface area contributed by atoms with Crippen molar-refractivity contribution < 1.29 is 4.42 Å².